The molecule has 0 unspecified atom stereocenters. The number of aromatic nitrogens is 1. The van der Waals surface area contributed by atoms with Gasteiger partial charge in [0.2, 0.25) is 5.75 Å². The van der Waals surface area contributed by atoms with Crippen LogP contribution in [0.25, 0.3) is 45.6 Å². The quantitative estimate of drug-likeness (QED) is 0.0387. The maximum atomic E-state index is 15.5. The lowest BCUT2D eigenvalue weighted by atomic mass is 9.60. The first kappa shape index (κ1) is 59.6. The Morgan fingerprint density at radius 3 is 2.57 bits per heavy atom. The predicted molar refractivity (Wildman–Crippen MR) is 368 cm³/mol. The number of aliphatic imine (C=N–C) groups is 1. The Bertz CT molecular complexity index is 4580. The van der Waals surface area contributed by atoms with E-state index in [2.05, 4.69) is 131 Å². The number of phenols is 1. The minimum absolute atomic E-state index is 0.0190. The molecule has 5 aliphatic heterocycles. The maximum Gasteiger partial charge on any atom is 0.204 e. The molecule has 4 fully saturated rings. The van der Waals surface area contributed by atoms with Crippen molar-refractivity contribution >= 4 is 40.6 Å². The molecule has 476 valence electrons. The number of hydrogen-bond donors (Lipinski definition) is 7. The summed E-state index contributed by atoms with van der Waals surface area (Å²) in [6, 6.07) is 43.7. The van der Waals surface area contributed by atoms with Crippen LogP contribution in [0.2, 0.25) is 0 Å². The van der Waals surface area contributed by atoms with Crippen LogP contribution < -0.4 is 41.3 Å². The highest BCUT2D eigenvalue weighted by atomic mass is 16.5. The summed E-state index contributed by atoms with van der Waals surface area (Å²) in [7, 11) is 1.53. The van der Waals surface area contributed by atoms with E-state index in [1.54, 1.807) is 30.3 Å². The Labute approximate surface area is 547 Å². The summed E-state index contributed by atoms with van der Waals surface area (Å²) in [6.45, 7) is 3.42. The molecule has 8 aromatic rings. The number of fused-ring (bicyclic) bond motifs is 14. The van der Waals surface area contributed by atoms with Gasteiger partial charge in [0.05, 0.1) is 55.7 Å². The average Bonchev–Trinajstić information content (AvgIpc) is 1.50. The van der Waals surface area contributed by atoms with Crippen molar-refractivity contribution in [2.45, 2.75) is 99.1 Å². The van der Waals surface area contributed by atoms with Crippen LogP contribution in [0.5, 0.6) is 23.0 Å². The second-order valence-electron chi connectivity index (χ2n) is 27.5. The number of methoxy groups -OCH3 is 1. The van der Waals surface area contributed by atoms with E-state index in [1.165, 1.54) is 30.0 Å². The Kier molecular flexibility index (Phi) is 15.1. The Hall–Kier alpha value is -9.44. The summed E-state index contributed by atoms with van der Waals surface area (Å²) in [6.07, 6.45) is 13.4. The highest BCUT2D eigenvalue weighted by Gasteiger charge is 2.63. The van der Waals surface area contributed by atoms with E-state index >= 15 is 4.79 Å². The van der Waals surface area contributed by atoms with Crippen molar-refractivity contribution in [2.24, 2.45) is 52.0 Å². The van der Waals surface area contributed by atoms with Gasteiger partial charge in [0.25, 0.3) is 0 Å². The Morgan fingerprint density at radius 1 is 0.894 bits per heavy atom. The summed E-state index contributed by atoms with van der Waals surface area (Å²) < 4.78 is 27.8. The smallest absolute Gasteiger partial charge is 0.204 e. The van der Waals surface area contributed by atoms with Crippen LogP contribution in [0, 0.1) is 59.2 Å². The van der Waals surface area contributed by atoms with Crippen molar-refractivity contribution in [2.75, 3.05) is 44.9 Å². The van der Waals surface area contributed by atoms with E-state index in [-0.39, 0.29) is 101 Å². The number of rotatable bonds is 10. The molecule has 3 saturated carbocycles. The van der Waals surface area contributed by atoms with Gasteiger partial charge < -0.3 is 60.6 Å². The van der Waals surface area contributed by atoms with Crippen LogP contribution >= 0.6 is 0 Å². The number of nitrogens with zero attached hydrogens (tertiary/aromatic N) is 2. The van der Waals surface area contributed by atoms with Crippen LogP contribution in [0.15, 0.2) is 160 Å². The fourth-order valence-electron chi connectivity index (χ4n) is 18.1. The molecule has 94 heavy (non-hydrogen) atoms. The second kappa shape index (κ2) is 23.8. The highest BCUT2D eigenvalue weighted by Crippen LogP contribution is 2.64. The van der Waals surface area contributed by atoms with Crippen LogP contribution in [0.3, 0.4) is 0 Å². The number of anilines is 1. The van der Waals surface area contributed by atoms with E-state index in [0.29, 0.717) is 54.6 Å². The molecule has 9 aliphatic rings. The lowest BCUT2D eigenvalue weighted by molar-refractivity contribution is 0.152. The molecule has 1 saturated heterocycles. The van der Waals surface area contributed by atoms with Crippen molar-refractivity contribution in [1.29, 1.82) is 0 Å². The number of nitrogens with two attached hydrogens (primary N) is 2. The molecule has 14 heteroatoms. The summed E-state index contributed by atoms with van der Waals surface area (Å²) in [5, 5.41) is 37.8. The topological polar surface area (TPSA) is 214 Å². The minimum Gasteiger partial charge on any atom is -0.508 e. The van der Waals surface area contributed by atoms with Crippen LogP contribution in [-0.2, 0) is 23.7 Å². The molecule has 6 aromatic carbocycles. The molecule has 7 heterocycles. The van der Waals surface area contributed by atoms with Gasteiger partial charge >= 0.3 is 0 Å². The zero-order valence-corrected chi connectivity index (χ0v) is 53.0. The normalized spacial score (nSPS) is 27.6. The van der Waals surface area contributed by atoms with Crippen LogP contribution in [-0.4, -0.2) is 84.5 Å². The van der Waals surface area contributed by atoms with Crippen molar-refractivity contribution in [3.63, 3.8) is 0 Å². The number of hydrogen-bond acceptors (Lipinski definition) is 11. The fourth-order valence-corrected chi connectivity index (χ4v) is 18.1. The SMILES string of the molecule is COc1c2c(c3oc(-c4ccc(O)cc4)cc(=O)c3c1OCC[C@@H](O)/C=C/c1ccccc1)[C@H]1C#C[C@@H]3NCCN4c5[nH]c(cc5-c5cccc(c5)C1)[C@]1(C)[C@H]5CC[C@@H]1[C@@H](C#C[C@@H]1[C@H]6C=Cc7ccccc7[C@@H]6C[C@@]1(c1ccc(c(N=C(N)N)c1)C[C@@H](CO)CO2)[C@H]34)CC5. The zero-order chi connectivity index (χ0) is 64.0. The van der Waals surface area contributed by atoms with Crippen molar-refractivity contribution < 1.29 is 33.9 Å². The van der Waals surface area contributed by atoms with E-state index in [1.807, 2.05) is 36.4 Å². The molecule has 0 radical (unpaired) electrons. The van der Waals surface area contributed by atoms with E-state index in [9.17, 15) is 15.3 Å². The maximum absolute atomic E-state index is 15.5. The number of aliphatic hydroxyl groups is 2. The van der Waals surface area contributed by atoms with E-state index in [4.69, 9.17) is 35.1 Å². The second-order valence-corrected chi connectivity index (χ2v) is 27.5. The molecular formula is C80H78N6O8. The predicted octanol–water partition coefficient (Wildman–Crippen LogP) is 12.0. The van der Waals surface area contributed by atoms with Gasteiger partial charge in [0, 0.05) is 77.6 Å². The molecule has 4 aliphatic carbocycles. The van der Waals surface area contributed by atoms with Gasteiger partial charge in [-0.15, -0.1) is 0 Å². The lowest BCUT2D eigenvalue weighted by Crippen LogP contribution is -2.67. The first-order valence-corrected chi connectivity index (χ1v) is 33.5. The van der Waals surface area contributed by atoms with Gasteiger partial charge in [-0.25, -0.2) is 4.99 Å². The van der Waals surface area contributed by atoms with Crippen molar-refractivity contribution in [3.05, 3.63) is 200 Å². The number of aromatic hydroxyl groups is 1. The monoisotopic (exact) mass is 1250 g/mol. The van der Waals surface area contributed by atoms with E-state index in [0.717, 1.165) is 71.3 Å². The summed E-state index contributed by atoms with van der Waals surface area (Å²) >= 11 is 0. The molecular weight excluding hydrogens is 1170 g/mol. The molecule has 14 bridgehead atoms. The molecule has 17 rings (SSSR count). The van der Waals surface area contributed by atoms with Crippen LogP contribution in [0.1, 0.15) is 102 Å². The summed E-state index contributed by atoms with van der Waals surface area (Å²) in [4.78, 5) is 27.5. The van der Waals surface area contributed by atoms with Gasteiger partial charge in [-0.1, -0.05) is 146 Å². The first-order valence-electron chi connectivity index (χ1n) is 33.5. The molecule has 0 amide bonds. The Balaban J connectivity index is 0.992. The fraction of sp³-hybridized carbons (Fsp3) is 0.350. The largest absolute Gasteiger partial charge is 0.508 e. The van der Waals surface area contributed by atoms with Crippen LogP contribution in [0.4, 0.5) is 11.5 Å². The number of benzene rings is 6. The standard InChI is InChI=1S/C80H78N6O8/c1-79-55-23-16-50(63(79)31-25-55)21-30-64-60-29-20-49-12-6-7-14-59(49)62(60)43-80(64)56-24-17-53(66(40-56)84-78(81)82)39-48(44-87)45-93-73-70(54-22-32-65-76(80)86(35-34-83-65)77-61(41-69(79)85-77)52-13-8-11-47(37-52)38-54)72-71(67(90)42-68(94-72)51-18-27-57(88)28-19-51)74(75(73)91-2)92-36-33-58(89)26-15-46-9-4-3-5-10-46/h3-15,17-20,24,26-29,37,40-42,48,50,54-55,58,60,62-65,76,83,85,87-89H,16,23,25,31,33-36,38-39,43-45H2,1-2H3,(H4,81,82,84)/b26-15+/t48-,50+,54-,55+,58-,60-,62-,63+,64+,65-,76-,79+,80-/m0/s1. The molecule has 2 aromatic heterocycles. The third-order valence-corrected chi connectivity index (χ3v) is 22.5. The molecule has 9 N–H and O–H groups in total. The third kappa shape index (κ3) is 9.98. The Morgan fingerprint density at radius 2 is 1.73 bits per heavy atom. The number of aromatic amines is 1. The number of phenolic OH excluding ortho intramolecular Hbond substituents is 1. The number of nitrogens with one attached hydrogen (secondary N) is 2. The number of piperazine rings is 1. The van der Waals surface area contributed by atoms with Gasteiger partial charge in [-0.05, 0) is 144 Å². The average molecular weight is 1250 g/mol. The highest BCUT2D eigenvalue weighted by molar-refractivity contribution is 5.94. The lowest BCUT2D eigenvalue weighted by Gasteiger charge is -2.53. The van der Waals surface area contributed by atoms with Gasteiger partial charge in [-0.2, -0.15) is 0 Å². The number of guanidine groups is 1. The molecule has 14 nitrogen and oxygen atoms in total. The van der Waals surface area contributed by atoms with Crippen molar-refractivity contribution in [3.8, 4) is 69.1 Å². The minimum atomic E-state index is -0.906. The number of allylic oxidation sites excluding steroid dienone is 1. The number of H-pyrrole nitrogens is 1. The zero-order valence-electron chi connectivity index (χ0n) is 53.0. The van der Waals surface area contributed by atoms with Gasteiger partial charge in [0.1, 0.15) is 22.7 Å². The first-order chi connectivity index (χ1) is 45.9. The summed E-state index contributed by atoms with van der Waals surface area (Å²) in [5.41, 5.74) is 23.2. The summed E-state index contributed by atoms with van der Waals surface area (Å²) in [5.74, 6) is 17.9. The van der Waals surface area contributed by atoms with Crippen molar-refractivity contribution in [1.82, 2.24) is 10.3 Å². The van der Waals surface area contributed by atoms with Gasteiger partial charge in [0.15, 0.2) is 28.5 Å². The molecule has 1 spiro atoms. The third-order valence-electron chi connectivity index (χ3n) is 22.5. The molecule has 13 atom stereocenters. The number of aliphatic hydroxyl groups excluding tert-OH is 2. The van der Waals surface area contributed by atoms with Gasteiger partial charge in [-0.3, -0.25) is 4.79 Å². The number of ether oxygens (including phenoxy) is 3. The van der Waals surface area contributed by atoms with E-state index < -0.39 is 40.9 Å².